The molecule has 1 aliphatic heterocycles. The second-order valence-electron chi connectivity index (χ2n) is 8.23. The highest BCUT2D eigenvalue weighted by molar-refractivity contribution is 7.99. The third-order valence-electron chi connectivity index (χ3n) is 6.38. The monoisotopic (exact) mass is 382 g/mol. The number of hydrogen-bond donors (Lipinski definition) is 3. The molecule has 1 saturated heterocycles. The topological polar surface area (TPSA) is 59.9 Å². The van der Waals surface area contributed by atoms with Gasteiger partial charge in [0.2, 0.25) is 0 Å². The van der Waals surface area contributed by atoms with Crippen LogP contribution in [0.1, 0.15) is 64.7 Å². The van der Waals surface area contributed by atoms with E-state index in [1.54, 1.807) is 0 Å². The van der Waals surface area contributed by atoms with Crippen molar-refractivity contribution in [1.29, 1.82) is 0 Å². The zero-order valence-corrected chi connectivity index (χ0v) is 17.3. The van der Waals surface area contributed by atoms with Crippen LogP contribution in [0.15, 0.2) is 4.99 Å². The molecule has 6 heteroatoms. The summed E-state index contributed by atoms with van der Waals surface area (Å²) in [4.78, 5) is 7.84. The molecule has 1 heterocycles. The molecule has 2 aliphatic carbocycles. The Kier molecular flexibility index (Phi) is 7.94. The number of nitrogens with one attached hydrogen (secondary N) is 2. The minimum absolute atomic E-state index is 0.102. The Morgan fingerprint density at radius 1 is 1.12 bits per heavy atom. The maximum atomic E-state index is 9.74. The number of thioether (sulfide) groups is 1. The van der Waals surface area contributed by atoms with Gasteiger partial charge in [-0.25, -0.2) is 0 Å². The highest BCUT2D eigenvalue weighted by atomic mass is 32.2. The van der Waals surface area contributed by atoms with Crippen LogP contribution in [0, 0.1) is 0 Å². The van der Waals surface area contributed by atoms with Gasteiger partial charge in [-0.15, -0.1) is 0 Å². The Morgan fingerprint density at radius 2 is 1.81 bits per heavy atom. The molecule has 0 aromatic heterocycles. The maximum Gasteiger partial charge on any atom is 0.191 e. The average Bonchev–Trinajstić information content (AvgIpc) is 2.69. The van der Waals surface area contributed by atoms with Crippen molar-refractivity contribution < 1.29 is 5.11 Å². The number of nitrogens with zero attached hydrogens (tertiary/aromatic N) is 2. The molecule has 0 radical (unpaired) electrons. The second-order valence-corrected chi connectivity index (χ2v) is 9.45. The summed E-state index contributed by atoms with van der Waals surface area (Å²) in [5.74, 6) is 3.52. The number of hydrogen-bond acceptors (Lipinski definition) is 4. The standard InChI is InChI=1S/C20H38N4OS/c1-2-21-19(23-17-6-8-18(25)9-7-17)22-16-20(10-4-3-5-11-20)24-12-14-26-15-13-24/h17-18,25H,2-16H2,1H3,(H2,21,22,23). The summed E-state index contributed by atoms with van der Waals surface area (Å²) in [6.45, 7) is 6.41. The van der Waals surface area contributed by atoms with E-state index >= 15 is 0 Å². The van der Waals surface area contributed by atoms with Gasteiger partial charge in [0.05, 0.1) is 12.6 Å². The minimum atomic E-state index is -0.102. The quantitative estimate of drug-likeness (QED) is 0.504. The van der Waals surface area contributed by atoms with Gasteiger partial charge < -0.3 is 15.7 Å². The summed E-state index contributed by atoms with van der Waals surface area (Å²) in [6, 6.07) is 0.449. The number of aliphatic hydroxyl groups excluding tert-OH is 1. The van der Waals surface area contributed by atoms with E-state index in [9.17, 15) is 5.11 Å². The SMILES string of the molecule is CCNC(=NCC1(N2CCSCC2)CCCCC1)NC1CCC(O)CC1. The van der Waals surface area contributed by atoms with Crippen LogP contribution >= 0.6 is 11.8 Å². The average molecular weight is 383 g/mol. The maximum absolute atomic E-state index is 9.74. The van der Waals surface area contributed by atoms with E-state index in [1.807, 2.05) is 0 Å². The van der Waals surface area contributed by atoms with Crippen LogP contribution in [0.2, 0.25) is 0 Å². The van der Waals surface area contributed by atoms with Gasteiger partial charge >= 0.3 is 0 Å². The Balaban J connectivity index is 1.64. The molecule has 26 heavy (non-hydrogen) atoms. The van der Waals surface area contributed by atoms with Gasteiger partial charge in [-0.05, 0) is 45.4 Å². The molecule has 0 unspecified atom stereocenters. The van der Waals surface area contributed by atoms with Crippen LogP contribution in [0.3, 0.4) is 0 Å². The van der Waals surface area contributed by atoms with Crippen LogP contribution in [0.25, 0.3) is 0 Å². The van der Waals surface area contributed by atoms with Crippen LogP contribution < -0.4 is 10.6 Å². The molecule has 150 valence electrons. The fraction of sp³-hybridized carbons (Fsp3) is 0.950. The van der Waals surface area contributed by atoms with Gasteiger partial charge in [-0.2, -0.15) is 11.8 Å². The molecular formula is C20H38N4OS. The van der Waals surface area contributed by atoms with E-state index in [2.05, 4.69) is 34.2 Å². The minimum Gasteiger partial charge on any atom is -0.393 e. The lowest BCUT2D eigenvalue weighted by Gasteiger charge is -2.47. The van der Waals surface area contributed by atoms with Crippen molar-refractivity contribution in [3.8, 4) is 0 Å². The van der Waals surface area contributed by atoms with Crippen LogP contribution in [-0.2, 0) is 0 Å². The first-order valence-electron chi connectivity index (χ1n) is 10.8. The van der Waals surface area contributed by atoms with Crippen LogP contribution in [0.4, 0.5) is 0 Å². The first kappa shape index (κ1) is 20.3. The number of rotatable bonds is 5. The summed E-state index contributed by atoms with van der Waals surface area (Å²) in [5.41, 5.74) is 0.282. The largest absolute Gasteiger partial charge is 0.393 e. The van der Waals surface area contributed by atoms with Crippen LogP contribution in [-0.4, -0.2) is 71.3 Å². The Labute approximate surface area is 163 Å². The Morgan fingerprint density at radius 3 is 2.46 bits per heavy atom. The van der Waals surface area contributed by atoms with E-state index in [0.29, 0.717) is 6.04 Å². The molecule has 0 aromatic carbocycles. The Bertz CT molecular complexity index is 439. The lowest BCUT2D eigenvalue weighted by Crippen LogP contribution is -2.56. The van der Waals surface area contributed by atoms with E-state index in [4.69, 9.17) is 4.99 Å². The molecule has 2 saturated carbocycles. The normalized spacial score (nSPS) is 30.8. The highest BCUT2D eigenvalue weighted by Crippen LogP contribution is 2.35. The van der Waals surface area contributed by atoms with E-state index in [0.717, 1.165) is 44.7 Å². The van der Waals surface area contributed by atoms with Crippen molar-refractivity contribution in [1.82, 2.24) is 15.5 Å². The van der Waals surface area contributed by atoms with Gasteiger partial charge in [0, 0.05) is 42.7 Å². The van der Waals surface area contributed by atoms with E-state index in [-0.39, 0.29) is 11.6 Å². The first-order valence-corrected chi connectivity index (χ1v) is 11.9. The van der Waals surface area contributed by atoms with Crippen molar-refractivity contribution in [2.75, 3.05) is 37.7 Å². The molecule has 3 fully saturated rings. The molecular weight excluding hydrogens is 344 g/mol. The van der Waals surface area contributed by atoms with Crippen molar-refractivity contribution in [2.24, 2.45) is 4.99 Å². The summed E-state index contributed by atoms with van der Waals surface area (Å²) >= 11 is 2.09. The summed E-state index contributed by atoms with van der Waals surface area (Å²) in [6.07, 6.45) is 10.5. The fourth-order valence-electron chi connectivity index (χ4n) is 4.78. The van der Waals surface area contributed by atoms with Gasteiger partial charge in [0.25, 0.3) is 0 Å². The Hall–Kier alpha value is -0.460. The number of aliphatic hydroxyl groups is 1. The molecule has 3 aliphatic rings. The zero-order valence-electron chi connectivity index (χ0n) is 16.5. The van der Waals surface area contributed by atoms with Crippen molar-refractivity contribution in [3.05, 3.63) is 0 Å². The van der Waals surface area contributed by atoms with E-state index in [1.165, 1.54) is 56.7 Å². The predicted octanol–water partition coefficient (Wildman–Crippen LogP) is 2.60. The number of guanidine groups is 1. The van der Waals surface area contributed by atoms with Gasteiger partial charge in [0.15, 0.2) is 5.96 Å². The molecule has 0 spiro atoms. The van der Waals surface area contributed by atoms with E-state index < -0.39 is 0 Å². The molecule has 5 nitrogen and oxygen atoms in total. The summed E-state index contributed by atoms with van der Waals surface area (Å²) in [5, 5.41) is 16.8. The van der Waals surface area contributed by atoms with Crippen molar-refractivity contribution >= 4 is 17.7 Å². The molecule has 3 N–H and O–H groups in total. The van der Waals surface area contributed by atoms with Crippen molar-refractivity contribution in [2.45, 2.75) is 82.4 Å². The summed E-state index contributed by atoms with van der Waals surface area (Å²) < 4.78 is 0. The molecule has 0 amide bonds. The third kappa shape index (κ3) is 5.52. The molecule has 0 aromatic rings. The predicted molar refractivity (Wildman–Crippen MR) is 112 cm³/mol. The van der Waals surface area contributed by atoms with Gasteiger partial charge in [-0.3, -0.25) is 9.89 Å². The van der Waals surface area contributed by atoms with Crippen LogP contribution in [0.5, 0.6) is 0 Å². The van der Waals surface area contributed by atoms with Crippen molar-refractivity contribution in [3.63, 3.8) is 0 Å². The molecule has 3 rings (SSSR count). The smallest absolute Gasteiger partial charge is 0.191 e. The number of aliphatic imine (C=N–C) groups is 1. The van der Waals surface area contributed by atoms with Gasteiger partial charge in [-0.1, -0.05) is 19.3 Å². The van der Waals surface area contributed by atoms with Gasteiger partial charge in [0.1, 0.15) is 0 Å². The zero-order chi connectivity index (χ0) is 18.2. The molecule has 0 atom stereocenters. The highest BCUT2D eigenvalue weighted by Gasteiger charge is 2.38. The first-order chi connectivity index (χ1) is 12.7. The summed E-state index contributed by atoms with van der Waals surface area (Å²) in [7, 11) is 0. The third-order valence-corrected chi connectivity index (χ3v) is 7.32. The lowest BCUT2D eigenvalue weighted by atomic mass is 9.80. The molecule has 0 bridgehead atoms. The lowest BCUT2D eigenvalue weighted by molar-refractivity contribution is 0.0671. The fourth-order valence-corrected chi connectivity index (χ4v) is 5.68. The second kappa shape index (κ2) is 10.2.